The normalized spacial score (nSPS) is 10.7. The van der Waals surface area contributed by atoms with Gasteiger partial charge >= 0.3 is 0 Å². The molecule has 1 N–H and O–H groups in total. The van der Waals surface area contributed by atoms with E-state index in [0.29, 0.717) is 5.75 Å². The van der Waals surface area contributed by atoms with Crippen molar-refractivity contribution < 1.29 is 4.79 Å². The fraction of sp³-hybridized carbons (Fsp3) is 0.389. The van der Waals surface area contributed by atoms with E-state index in [9.17, 15) is 4.79 Å². The minimum atomic E-state index is -0.00746. The number of nitrogens with zero attached hydrogens (tertiary/aromatic N) is 2. The highest BCUT2D eigenvalue weighted by Gasteiger charge is 2.12. The fourth-order valence-electron chi connectivity index (χ4n) is 2.20. The van der Waals surface area contributed by atoms with Gasteiger partial charge in [0.15, 0.2) is 8.68 Å². The average Bonchev–Trinajstić information content (AvgIpc) is 3.06. The monoisotopic (exact) mass is 393 g/mol. The summed E-state index contributed by atoms with van der Waals surface area (Å²) in [5, 5.41) is 11.4. The van der Waals surface area contributed by atoms with Crippen molar-refractivity contribution >= 4 is 46.5 Å². The molecule has 0 saturated heterocycles. The summed E-state index contributed by atoms with van der Waals surface area (Å²) < 4.78 is 1.73. The number of rotatable bonds is 9. The molecular formula is C18H23N3OS3. The van der Waals surface area contributed by atoms with E-state index in [0.717, 1.165) is 38.5 Å². The van der Waals surface area contributed by atoms with Gasteiger partial charge in [0, 0.05) is 11.4 Å². The molecule has 2 rings (SSSR count). The van der Waals surface area contributed by atoms with E-state index in [4.69, 9.17) is 0 Å². The molecule has 7 heteroatoms. The summed E-state index contributed by atoms with van der Waals surface area (Å²) in [5.74, 6) is 1.17. The Balaban J connectivity index is 1.92. The van der Waals surface area contributed by atoms with E-state index in [1.54, 1.807) is 11.8 Å². The van der Waals surface area contributed by atoms with Gasteiger partial charge in [-0.1, -0.05) is 79.1 Å². The Morgan fingerprint density at radius 3 is 2.20 bits per heavy atom. The van der Waals surface area contributed by atoms with Crippen LogP contribution in [0.1, 0.15) is 31.9 Å². The van der Waals surface area contributed by atoms with E-state index >= 15 is 0 Å². The van der Waals surface area contributed by atoms with Crippen molar-refractivity contribution in [2.45, 2.75) is 42.3 Å². The van der Waals surface area contributed by atoms with Crippen LogP contribution in [0.5, 0.6) is 0 Å². The minimum Gasteiger partial charge on any atom is -0.325 e. The van der Waals surface area contributed by atoms with Crippen molar-refractivity contribution in [1.29, 1.82) is 0 Å². The van der Waals surface area contributed by atoms with Gasteiger partial charge in [-0.2, -0.15) is 0 Å². The van der Waals surface area contributed by atoms with Gasteiger partial charge < -0.3 is 5.32 Å². The fourth-order valence-corrected chi connectivity index (χ4v) is 4.87. The van der Waals surface area contributed by atoms with Crippen molar-refractivity contribution in [3.63, 3.8) is 0 Å². The van der Waals surface area contributed by atoms with Crippen LogP contribution in [-0.4, -0.2) is 27.6 Å². The minimum absolute atomic E-state index is 0.00746. The molecule has 0 fully saturated rings. The third-order valence-corrected chi connectivity index (χ3v) is 6.84. The van der Waals surface area contributed by atoms with Crippen LogP contribution in [0.4, 0.5) is 5.69 Å². The highest BCUT2D eigenvalue weighted by Crippen LogP contribution is 2.30. The van der Waals surface area contributed by atoms with Gasteiger partial charge in [-0.15, -0.1) is 10.2 Å². The SMILES string of the molecule is C=C(C)CSc1nnc(SCC(=O)Nc2c(CC)cccc2CC)s1. The predicted octanol–water partition coefficient (Wildman–Crippen LogP) is 5.06. The first kappa shape index (κ1) is 20.0. The highest BCUT2D eigenvalue weighted by atomic mass is 32.2. The second kappa shape index (κ2) is 9.99. The lowest BCUT2D eigenvalue weighted by Gasteiger charge is -2.14. The Labute approximate surface area is 161 Å². The topological polar surface area (TPSA) is 54.9 Å². The largest absolute Gasteiger partial charge is 0.325 e. The number of hydrogen-bond donors (Lipinski definition) is 1. The van der Waals surface area contributed by atoms with E-state index in [1.165, 1.54) is 34.2 Å². The van der Waals surface area contributed by atoms with E-state index in [-0.39, 0.29) is 5.91 Å². The number of thioether (sulfide) groups is 2. The van der Waals surface area contributed by atoms with Gasteiger partial charge in [-0.3, -0.25) is 4.79 Å². The molecule has 1 aromatic carbocycles. The van der Waals surface area contributed by atoms with Crippen LogP contribution in [0, 0.1) is 0 Å². The molecule has 1 amide bonds. The molecule has 1 heterocycles. The Morgan fingerprint density at radius 1 is 1.12 bits per heavy atom. The van der Waals surface area contributed by atoms with Gasteiger partial charge in [0.1, 0.15) is 0 Å². The van der Waals surface area contributed by atoms with Crippen LogP contribution in [0.25, 0.3) is 0 Å². The van der Waals surface area contributed by atoms with Crippen molar-refractivity contribution in [1.82, 2.24) is 10.2 Å². The molecule has 0 saturated carbocycles. The first-order chi connectivity index (χ1) is 12.0. The molecule has 0 unspecified atom stereocenters. The summed E-state index contributed by atoms with van der Waals surface area (Å²) in [6.45, 7) is 10.1. The summed E-state index contributed by atoms with van der Waals surface area (Å²) >= 11 is 4.58. The number of anilines is 1. The zero-order chi connectivity index (χ0) is 18.2. The molecule has 0 aliphatic carbocycles. The number of aryl methyl sites for hydroxylation is 2. The third kappa shape index (κ3) is 6.17. The predicted molar refractivity (Wildman–Crippen MR) is 110 cm³/mol. The molecule has 0 atom stereocenters. The Bertz CT molecular complexity index is 721. The van der Waals surface area contributed by atoms with Crippen LogP contribution < -0.4 is 5.32 Å². The first-order valence-corrected chi connectivity index (χ1v) is 11.0. The average molecular weight is 394 g/mol. The molecule has 0 spiro atoms. The van der Waals surface area contributed by atoms with Gasteiger partial charge in [0.05, 0.1) is 5.75 Å². The van der Waals surface area contributed by atoms with Gasteiger partial charge in [0.2, 0.25) is 5.91 Å². The third-order valence-electron chi connectivity index (χ3n) is 3.42. The van der Waals surface area contributed by atoms with Crippen molar-refractivity contribution in [2.75, 3.05) is 16.8 Å². The number of para-hydroxylation sites is 1. The molecule has 25 heavy (non-hydrogen) atoms. The summed E-state index contributed by atoms with van der Waals surface area (Å²) in [6.07, 6.45) is 1.80. The van der Waals surface area contributed by atoms with Crippen LogP contribution in [-0.2, 0) is 17.6 Å². The summed E-state index contributed by atoms with van der Waals surface area (Å²) in [6, 6.07) is 6.18. The van der Waals surface area contributed by atoms with Crippen LogP contribution in [0.2, 0.25) is 0 Å². The van der Waals surface area contributed by atoms with Crippen LogP contribution >= 0.6 is 34.9 Å². The van der Waals surface area contributed by atoms with Crippen LogP contribution in [0.15, 0.2) is 39.0 Å². The number of aromatic nitrogens is 2. The zero-order valence-corrected chi connectivity index (χ0v) is 17.2. The van der Waals surface area contributed by atoms with Gasteiger partial charge in [-0.05, 0) is 30.9 Å². The van der Waals surface area contributed by atoms with E-state index < -0.39 is 0 Å². The maximum absolute atomic E-state index is 12.4. The van der Waals surface area contributed by atoms with E-state index in [2.05, 4.69) is 48.1 Å². The Kier molecular flexibility index (Phi) is 7.99. The van der Waals surface area contributed by atoms with Gasteiger partial charge in [-0.25, -0.2) is 0 Å². The summed E-state index contributed by atoms with van der Waals surface area (Å²) in [4.78, 5) is 12.4. The lowest BCUT2D eigenvalue weighted by molar-refractivity contribution is -0.113. The summed E-state index contributed by atoms with van der Waals surface area (Å²) in [7, 11) is 0. The molecule has 0 aliphatic heterocycles. The standard InChI is InChI=1S/C18H23N3OS3/c1-5-13-8-7-9-14(6-2)16(13)19-15(22)11-24-18-21-20-17(25-18)23-10-12(3)4/h7-9H,3,5-6,10-11H2,1-2,4H3,(H,19,22). The molecule has 134 valence electrons. The quantitative estimate of drug-likeness (QED) is 0.476. The molecule has 4 nitrogen and oxygen atoms in total. The second-order valence-electron chi connectivity index (χ2n) is 5.57. The number of benzene rings is 1. The number of amides is 1. The molecule has 0 radical (unpaired) electrons. The number of hydrogen-bond acceptors (Lipinski definition) is 6. The summed E-state index contributed by atoms with van der Waals surface area (Å²) in [5.41, 5.74) is 4.42. The maximum Gasteiger partial charge on any atom is 0.234 e. The number of carbonyl (C=O) groups excluding carboxylic acids is 1. The maximum atomic E-state index is 12.4. The number of nitrogens with one attached hydrogen (secondary N) is 1. The molecule has 2 aromatic rings. The first-order valence-electron chi connectivity index (χ1n) is 8.17. The number of carbonyl (C=O) groups is 1. The molecule has 1 aromatic heterocycles. The van der Waals surface area contributed by atoms with Gasteiger partial charge in [0.25, 0.3) is 0 Å². The lowest BCUT2D eigenvalue weighted by Crippen LogP contribution is -2.16. The van der Waals surface area contributed by atoms with Crippen LogP contribution in [0.3, 0.4) is 0 Å². The van der Waals surface area contributed by atoms with Crippen molar-refractivity contribution in [3.8, 4) is 0 Å². The molecule has 0 aliphatic rings. The highest BCUT2D eigenvalue weighted by molar-refractivity contribution is 8.03. The Morgan fingerprint density at radius 2 is 1.68 bits per heavy atom. The Hall–Kier alpha value is -1.31. The van der Waals surface area contributed by atoms with Crippen molar-refractivity contribution in [2.24, 2.45) is 0 Å². The lowest BCUT2D eigenvalue weighted by atomic mass is 10.0. The molecule has 0 bridgehead atoms. The zero-order valence-electron chi connectivity index (χ0n) is 14.8. The van der Waals surface area contributed by atoms with E-state index in [1.807, 2.05) is 13.0 Å². The smallest absolute Gasteiger partial charge is 0.234 e. The molecular weight excluding hydrogens is 370 g/mol. The van der Waals surface area contributed by atoms with Crippen molar-refractivity contribution in [3.05, 3.63) is 41.5 Å². The second-order valence-corrected chi connectivity index (χ2v) is 9.00.